The van der Waals surface area contributed by atoms with Crippen LogP contribution in [0.25, 0.3) is 5.95 Å². The summed E-state index contributed by atoms with van der Waals surface area (Å²) in [4.78, 5) is 24.2. The summed E-state index contributed by atoms with van der Waals surface area (Å²) in [6, 6.07) is 2.30. The van der Waals surface area contributed by atoms with Crippen molar-refractivity contribution in [1.29, 1.82) is 0 Å². The van der Waals surface area contributed by atoms with Crippen molar-refractivity contribution in [3.8, 4) is 5.95 Å². The van der Waals surface area contributed by atoms with E-state index in [4.69, 9.17) is 0 Å². The highest BCUT2D eigenvalue weighted by atomic mass is 16.2. The first-order chi connectivity index (χ1) is 12.8. The van der Waals surface area contributed by atoms with E-state index in [1.165, 1.54) is 6.42 Å². The highest BCUT2D eigenvalue weighted by Crippen LogP contribution is 2.25. The van der Waals surface area contributed by atoms with E-state index in [2.05, 4.69) is 33.8 Å². The standard InChI is InChI=1S/C21H31N5O/c1-13(2)19-9-7-8-10-25(19)20(27)12-18-16(5)24-26(17(18)6)21-22-14(3)11-15(4)23-21/h11,13,19H,7-10,12H2,1-6H3. The summed E-state index contributed by atoms with van der Waals surface area (Å²) in [6.45, 7) is 13.2. The lowest BCUT2D eigenvalue weighted by molar-refractivity contribution is -0.135. The fraction of sp³-hybridized carbons (Fsp3) is 0.619. The van der Waals surface area contributed by atoms with Crippen LogP contribution in [-0.4, -0.2) is 43.1 Å². The molecule has 146 valence electrons. The SMILES string of the molecule is Cc1cc(C)nc(-n2nc(C)c(CC(=O)N3CCCCC3C(C)C)c2C)n1. The largest absolute Gasteiger partial charge is 0.339 e. The van der Waals surface area contributed by atoms with Gasteiger partial charge in [-0.3, -0.25) is 4.79 Å². The van der Waals surface area contributed by atoms with Gasteiger partial charge in [-0.1, -0.05) is 13.8 Å². The van der Waals surface area contributed by atoms with Gasteiger partial charge in [0.05, 0.1) is 12.1 Å². The number of carbonyl (C=O) groups is 1. The second kappa shape index (κ2) is 7.79. The van der Waals surface area contributed by atoms with Gasteiger partial charge in [0, 0.05) is 35.2 Å². The molecule has 0 saturated carbocycles. The number of piperidine rings is 1. The number of aryl methyl sites for hydroxylation is 3. The number of nitrogens with zero attached hydrogens (tertiary/aromatic N) is 5. The van der Waals surface area contributed by atoms with Crippen LogP contribution >= 0.6 is 0 Å². The molecule has 0 radical (unpaired) electrons. The Morgan fingerprint density at radius 3 is 2.44 bits per heavy atom. The Morgan fingerprint density at radius 2 is 1.81 bits per heavy atom. The lowest BCUT2D eigenvalue weighted by Gasteiger charge is -2.38. The Morgan fingerprint density at radius 1 is 1.15 bits per heavy atom. The lowest BCUT2D eigenvalue weighted by Crippen LogP contribution is -2.47. The molecule has 27 heavy (non-hydrogen) atoms. The van der Waals surface area contributed by atoms with E-state index in [9.17, 15) is 4.79 Å². The molecule has 3 heterocycles. The van der Waals surface area contributed by atoms with Gasteiger partial charge < -0.3 is 4.90 Å². The van der Waals surface area contributed by atoms with Gasteiger partial charge in [-0.2, -0.15) is 5.10 Å². The van der Waals surface area contributed by atoms with Crippen molar-refractivity contribution in [2.45, 2.75) is 73.3 Å². The minimum absolute atomic E-state index is 0.209. The average Bonchev–Trinajstić information content (AvgIpc) is 2.89. The molecule has 6 heteroatoms. The first kappa shape index (κ1) is 19.5. The van der Waals surface area contributed by atoms with Crippen molar-refractivity contribution < 1.29 is 4.79 Å². The second-order valence-corrected chi connectivity index (χ2v) is 8.08. The van der Waals surface area contributed by atoms with E-state index < -0.39 is 0 Å². The van der Waals surface area contributed by atoms with Crippen molar-refractivity contribution in [3.63, 3.8) is 0 Å². The summed E-state index contributed by atoms with van der Waals surface area (Å²) < 4.78 is 1.77. The molecule has 1 fully saturated rings. The number of hydrogen-bond donors (Lipinski definition) is 0. The maximum absolute atomic E-state index is 13.1. The number of rotatable bonds is 4. The molecule has 0 spiro atoms. The molecule has 2 aromatic heterocycles. The van der Waals surface area contributed by atoms with Crippen LogP contribution in [0.4, 0.5) is 0 Å². The summed E-state index contributed by atoms with van der Waals surface area (Å²) in [5.74, 6) is 1.27. The molecule has 0 aromatic carbocycles. The molecule has 1 aliphatic heterocycles. The molecule has 0 bridgehead atoms. The van der Waals surface area contributed by atoms with Crippen LogP contribution in [0, 0.1) is 33.6 Å². The fourth-order valence-electron chi connectivity index (χ4n) is 4.14. The molecule has 1 unspecified atom stereocenters. The Kier molecular flexibility index (Phi) is 5.63. The number of amides is 1. The van der Waals surface area contributed by atoms with Gasteiger partial charge in [0.15, 0.2) is 0 Å². The maximum Gasteiger partial charge on any atom is 0.251 e. The van der Waals surface area contributed by atoms with E-state index in [1.54, 1.807) is 4.68 Å². The summed E-state index contributed by atoms with van der Waals surface area (Å²) >= 11 is 0. The normalized spacial score (nSPS) is 17.6. The zero-order valence-corrected chi connectivity index (χ0v) is 17.4. The van der Waals surface area contributed by atoms with Crippen molar-refractivity contribution >= 4 is 5.91 Å². The molecular formula is C21H31N5O. The molecule has 2 aromatic rings. The number of hydrogen-bond acceptors (Lipinski definition) is 4. The van der Waals surface area contributed by atoms with Crippen LogP contribution in [0.5, 0.6) is 0 Å². The van der Waals surface area contributed by atoms with Crippen LogP contribution in [0.15, 0.2) is 6.07 Å². The minimum Gasteiger partial charge on any atom is -0.339 e. The summed E-state index contributed by atoms with van der Waals surface area (Å²) in [7, 11) is 0. The van der Waals surface area contributed by atoms with Crippen molar-refractivity contribution in [2.75, 3.05) is 6.54 Å². The first-order valence-electron chi connectivity index (χ1n) is 9.95. The molecule has 1 amide bonds. The van der Waals surface area contributed by atoms with E-state index in [0.717, 1.165) is 47.7 Å². The van der Waals surface area contributed by atoms with Crippen molar-refractivity contribution in [1.82, 2.24) is 24.6 Å². The van der Waals surface area contributed by atoms with E-state index >= 15 is 0 Å². The molecule has 0 aliphatic carbocycles. The van der Waals surface area contributed by atoms with Crippen LogP contribution in [-0.2, 0) is 11.2 Å². The summed E-state index contributed by atoms with van der Waals surface area (Å²) in [6.07, 6.45) is 3.82. The Labute approximate surface area is 162 Å². The predicted molar refractivity (Wildman–Crippen MR) is 106 cm³/mol. The van der Waals surface area contributed by atoms with Gasteiger partial charge >= 0.3 is 0 Å². The zero-order valence-electron chi connectivity index (χ0n) is 17.4. The zero-order chi connectivity index (χ0) is 19.7. The van der Waals surface area contributed by atoms with Gasteiger partial charge in [0.1, 0.15) is 0 Å². The predicted octanol–water partition coefficient (Wildman–Crippen LogP) is 3.48. The quantitative estimate of drug-likeness (QED) is 0.828. The highest BCUT2D eigenvalue weighted by molar-refractivity contribution is 5.79. The molecule has 1 atom stereocenters. The van der Waals surface area contributed by atoms with Crippen LogP contribution < -0.4 is 0 Å². The van der Waals surface area contributed by atoms with Gasteiger partial charge in [-0.25, -0.2) is 14.6 Å². The molecule has 6 nitrogen and oxygen atoms in total. The van der Waals surface area contributed by atoms with Gasteiger partial charge in [-0.15, -0.1) is 0 Å². The molecule has 1 saturated heterocycles. The topological polar surface area (TPSA) is 63.9 Å². The Hall–Kier alpha value is -2.24. The molecular weight excluding hydrogens is 338 g/mol. The third kappa shape index (κ3) is 4.04. The summed E-state index contributed by atoms with van der Waals surface area (Å²) in [5.41, 5.74) is 4.65. The molecule has 1 aliphatic rings. The number of aromatic nitrogens is 4. The third-order valence-corrected chi connectivity index (χ3v) is 5.57. The van der Waals surface area contributed by atoms with Gasteiger partial charge in [0.2, 0.25) is 5.91 Å². The van der Waals surface area contributed by atoms with Crippen LogP contribution in [0.3, 0.4) is 0 Å². The number of carbonyl (C=O) groups excluding carboxylic acids is 1. The lowest BCUT2D eigenvalue weighted by atomic mass is 9.92. The smallest absolute Gasteiger partial charge is 0.251 e. The van der Waals surface area contributed by atoms with Crippen molar-refractivity contribution in [3.05, 3.63) is 34.4 Å². The Bertz CT molecular complexity index is 819. The van der Waals surface area contributed by atoms with E-state index in [1.807, 2.05) is 33.8 Å². The monoisotopic (exact) mass is 369 g/mol. The second-order valence-electron chi connectivity index (χ2n) is 8.08. The van der Waals surface area contributed by atoms with E-state index in [0.29, 0.717) is 24.3 Å². The van der Waals surface area contributed by atoms with Crippen LogP contribution in [0.2, 0.25) is 0 Å². The van der Waals surface area contributed by atoms with Gasteiger partial charge in [0.25, 0.3) is 5.95 Å². The Balaban J connectivity index is 1.87. The molecule has 0 N–H and O–H groups in total. The third-order valence-electron chi connectivity index (χ3n) is 5.57. The maximum atomic E-state index is 13.1. The summed E-state index contributed by atoms with van der Waals surface area (Å²) in [5, 5.41) is 4.64. The van der Waals surface area contributed by atoms with E-state index in [-0.39, 0.29) is 5.91 Å². The minimum atomic E-state index is 0.209. The van der Waals surface area contributed by atoms with Crippen LogP contribution in [0.1, 0.15) is 61.4 Å². The fourth-order valence-corrected chi connectivity index (χ4v) is 4.14. The van der Waals surface area contributed by atoms with Crippen molar-refractivity contribution in [2.24, 2.45) is 5.92 Å². The first-order valence-corrected chi connectivity index (χ1v) is 9.95. The van der Waals surface area contributed by atoms with Gasteiger partial charge in [-0.05, 0) is 58.9 Å². The number of likely N-dealkylation sites (tertiary alicyclic amines) is 1. The highest BCUT2D eigenvalue weighted by Gasteiger charge is 2.30. The molecule has 3 rings (SSSR count). The average molecular weight is 370 g/mol.